The van der Waals surface area contributed by atoms with E-state index in [1.807, 2.05) is 0 Å². The minimum Gasteiger partial charge on any atom is -0.461 e. The SMILES string of the molecule is OC(CSCc1nc(-c2ccco2)no1)C(F)(F)F. The number of furan rings is 1. The van der Waals surface area contributed by atoms with Crippen LogP contribution in [0.4, 0.5) is 13.2 Å². The summed E-state index contributed by atoms with van der Waals surface area (Å²) in [5.41, 5.74) is 0. The average molecular weight is 294 g/mol. The van der Waals surface area contributed by atoms with Crippen LogP contribution < -0.4 is 0 Å². The Balaban J connectivity index is 1.85. The van der Waals surface area contributed by atoms with E-state index in [1.54, 1.807) is 12.1 Å². The fraction of sp³-hybridized carbons (Fsp3) is 0.400. The van der Waals surface area contributed by atoms with Crippen molar-refractivity contribution >= 4 is 11.8 Å². The van der Waals surface area contributed by atoms with Gasteiger partial charge in [0.05, 0.1) is 12.0 Å². The Hall–Kier alpha value is -1.48. The van der Waals surface area contributed by atoms with Gasteiger partial charge in [-0.25, -0.2) is 0 Å². The Morgan fingerprint density at radius 1 is 1.42 bits per heavy atom. The Labute approximate surface area is 109 Å². The van der Waals surface area contributed by atoms with Crippen molar-refractivity contribution < 1.29 is 27.2 Å². The summed E-state index contributed by atoms with van der Waals surface area (Å²) in [6.45, 7) is 0. The van der Waals surface area contributed by atoms with Gasteiger partial charge in [-0.1, -0.05) is 5.16 Å². The van der Waals surface area contributed by atoms with E-state index in [1.165, 1.54) is 6.26 Å². The van der Waals surface area contributed by atoms with Crippen LogP contribution in [0.25, 0.3) is 11.6 Å². The molecule has 19 heavy (non-hydrogen) atoms. The first-order chi connectivity index (χ1) is 8.97. The largest absolute Gasteiger partial charge is 0.461 e. The summed E-state index contributed by atoms with van der Waals surface area (Å²) < 4.78 is 46.0. The van der Waals surface area contributed by atoms with Crippen LogP contribution in [0.3, 0.4) is 0 Å². The van der Waals surface area contributed by atoms with Crippen LogP contribution in [-0.2, 0) is 5.75 Å². The molecule has 104 valence electrons. The van der Waals surface area contributed by atoms with E-state index >= 15 is 0 Å². The lowest BCUT2D eigenvalue weighted by atomic mass is 10.4. The molecule has 0 saturated heterocycles. The van der Waals surface area contributed by atoms with Crippen molar-refractivity contribution in [2.45, 2.75) is 18.0 Å². The molecule has 1 unspecified atom stereocenters. The molecule has 2 aromatic heterocycles. The highest BCUT2D eigenvalue weighted by atomic mass is 32.2. The molecule has 0 aliphatic rings. The highest BCUT2D eigenvalue weighted by Crippen LogP contribution is 2.24. The van der Waals surface area contributed by atoms with Gasteiger partial charge in [-0.2, -0.15) is 18.2 Å². The average Bonchev–Trinajstić information content (AvgIpc) is 2.97. The fourth-order valence-corrected chi connectivity index (χ4v) is 1.99. The standard InChI is InChI=1S/C10H9F3N2O3S/c11-10(12,13)7(16)4-19-5-8-14-9(15-18-8)6-2-1-3-17-6/h1-3,7,16H,4-5H2. The van der Waals surface area contributed by atoms with Crippen LogP contribution in [0.5, 0.6) is 0 Å². The highest BCUT2D eigenvalue weighted by molar-refractivity contribution is 7.98. The molecule has 2 aromatic rings. The lowest BCUT2D eigenvalue weighted by Crippen LogP contribution is -2.30. The lowest BCUT2D eigenvalue weighted by molar-refractivity contribution is -0.195. The molecule has 0 amide bonds. The molecule has 0 saturated carbocycles. The van der Waals surface area contributed by atoms with Gasteiger partial charge in [0.15, 0.2) is 11.9 Å². The van der Waals surface area contributed by atoms with E-state index in [0.717, 1.165) is 11.8 Å². The molecule has 1 atom stereocenters. The first-order valence-electron chi connectivity index (χ1n) is 5.16. The summed E-state index contributed by atoms with van der Waals surface area (Å²) in [6, 6.07) is 3.29. The minimum atomic E-state index is -4.61. The number of hydrogen-bond acceptors (Lipinski definition) is 6. The van der Waals surface area contributed by atoms with E-state index in [0.29, 0.717) is 5.76 Å². The summed E-state index contributed by atoms with van der Waals surface area (Å²) in [4.78, 5) is 3.96. The van der Waals surface area contributed by atoms with Gasteiger partial charge in [0, 0.05) is 5.75 Å². The van der Waals surface area contributed by atoms with Crippen LogP contribution in [0.2, 0.25) is 0 Å². The van der Waals surface area contributed by atoms with Gasteiger partial charge in [0.2, 0.25) is 11.7 Å². The summed E-state index contributed by atoms with van der Waals surface area (Å²) in [5, 5.41) is 12.4. The Morgan fingerprint density at radius 3 is 2.84 bits per heavy atom. The first-order valence-corrected chi connectivity index (χ1v) is 6.31. The van der Waals surface area contributed by atoms with Crippen LogP contribution in [-0.4, -0.2) is 33.3 Å². The van der Waals surface area contributed by atoms with E-state index in [2.05, 4.69) is 10.1 Å². The maximum atomic E-state index is 12.0. The van der Waals surface area contributed by atoms with Crippen molar-refractivity contribution in [1.82, 2.24) is 10.1 Å². The van der Waals surface area contributed by atoms with Crippen molar-refractivity contribution in [2.75, 3.05) is 5.75 Å². The van der Waals surface area contributed by atoms with Crippen molar-refractivity contribution in [3.05, 3.63) is 24.3 Å². The van der Waals surface area contributed by atoms with Crippen LogP contribution >= 0.6 is 11.8 Å². The Kier molecular flexibility index (Phi) is 4.15. The second kappa shape index (κ2) is 5.66. The van der Waals surface area contributed by atoms with Gasteiger partial charge in [-0.3, -0.25) is 0 Å². The number of nitrogens with zero attached hydrogens (tertiary/aromatic N) is 2. The molecule has 2 heterocycles. The zero-order valence-electron chi connectivity index (χ0n) is 9.42. The number of aromatic nitrogens is 2. The molecule has 9 heteroatoms. The maximum absolute atomic E-state index is 12.0. The Bertz CT molecular complexity index is 512. The zero-order chi connectivity index (χ0) is 13.9. The number of hydrogen-bond donors (Lipinski definition) is 1. The van der Waals surface area contributed by atoms with Crippen LogP contribution in [0.15, 0.2) is 27.3 Å². The van der Waals surface area contributed by atoms with Gasteiger partial charge >= 0.3 is 6.18 Å². The second-order valence-corrected chi connectivity index (χ2v) is 4.59. The molecule has 0 aliphatic carbocycles. The van der Waals surface area contributed by atoms with E-state index in [-0.39, 0.29) is 17.5 Å². The lowest BCUT2D eigenvalue weighted by Gasteiger charge is -2.12. The fourth-order valence-electron chi connectivity index (χ4n) is 1.17. The molecule has 0 radical (unpaired) electrons. The third-order valence-electron chi connectivity index (χ3n) is 2.09. The van der Waals surface area contributed by atoms with Gasteiger partial charge in [-0.15, -0.1) is 11.8 Å². The highest BCUT2D eigenvalue weighted by Gasteiger charge is 2.37. The van der Waals surface area contributed by atoms with Crippen LogP contribution in [0.1, 0.15) is 5.89 Å². The minimum absolute atomic E-state index is 0.0842. The molecule has 0 spiro atoms. The first kappa shape index (κ1) is 13.9. The number of rotatable bonds is 5. The number of aliphatic hydroxyl groups is 1. The van der Waals surface area contributed by atoms with Gasteiger partial charge in [0.1, 0.15) is 0 Å². The monoisotopic (exact) mass is 294 g/mol. The smallest absolute Gasteiger partial charge is 0.415 e. The molecule has 0 fully saturated rings. The topological polar surface area (TPSA) is 72.3 Å². The molecule has 0 aromatic carbocycles. The summed E-state index contributed by atoms with van der Waals surface area (Å²) >= 11 is 0.855. The second-order valence-electron chi connectivity index (χ2n) is 3.56. The molecule has 5 nitrogen and oxygen atoms in total. The van der Waals surface area contributed by atoms with E-state index < -0.39 is 18.0 Å². The summed E-state index contributed by atoms with van der Waals surface area (Å²) in [7, 11) is 0. The normalized spacial score (nSPS) is 13.7. The van der Waals surface area contributed by atoms with Crippen molar-refractivity contribution in [3.8, 4) is 11.6 Å². The van der Waals surface area contributed by atoms with Crippen molar-refractivity contribution in [3.63, 3.8) is 0 Å². The molecule has 1 N–H and O–H groups in total. The molecular weight excluding hydrogens is 285 g/mol. The molecule has 0 aliphatic heterocycles. The molecule has 2 rings (SSSR count). The van der Waals surface area contributed by atoms with Crippen molar-refractivity contribution in [2.24, 2.45) is 0 Å². The van der Waals surface area contributed by atoms with Gasteiger partial charge in [0.25, 0.3) is 0 Å². The molecular formula is C10H9F3N2O3S. The number of thioether (sulfide) groups is 1. The summed E-state index contributed by atoms with van der Waals surface area (Å²) in [6.07, 6.45) is -5.52. The zero-order valence-corrected chi connectivity index (χ0v) is 10.2. The predicted molar refractivity (Wildman–Crippen MR) is 60.2 cm³/mol. The predicted octanol–water partition coefficient (Wildman–Crippen LogP) is 2.49. The quantitative estimate of drug-likeness (QED) is 0.913. The Morgan fingerprint density at radius 2 is 2.21 bits per heavy atom. The number of alkyl halides is 3. The van der Waals surface area contributed by atoms with Gasteiger partial charge < -0.3 is 14.0 Å². The number of aliphatic hydroxyl groups excluding tert-OH is 1. The van der Waals surface area contributed by atoms with Gasteiger partial charge in [-0.05, 0) is 12.1 Å². The number of halogens is 3. The third kappa shape index (κ3) is 3.74. The van der Waals surface area contributed by atoms with E-state index in [4.69, 9.17) is 14.0 Å². The third-order valence-corrected chi connectivity index (χ3v) is 3.09. The summed E-state index contributed by atoms with van der Waals surface area (Å²) in [5.74, 6) is 0.418. The van der Waals surface area contributed by atoms with Crippen LogP contribution in [0, 0.1) is 0 Å². The van der Waals surface area contributed by atoms with Crippen molar-refractivity contribution in [1.29, 1.82) is 0 Å². The maximum Gasteiger partial charge on any atom is 0.415 e. The van der Waals surface area contributed by atoms with E-state index in [9.17, 15) is 13.2 Å². The molecule has 0 bridgehead atoms.